The second-order valence-corrected chi connectivity index (χ2v) is 5.99. The highest BCUT2D eigenvalue weighted by molar-refractivity contribution is 4.97. The van der Waals surface area contributed by atoms with Crippen LogP contribution in [0.25, 0.3) is 0 Å². The minimum Gasteiger partial charge on any atom is -0.329 e. The normalized spacial score (nSPS) is 37.7. The third-order valence-corrected chi connectivity index (χ3v) is 5.12. The molecular formula is C14H30N2. The lowest BCUT2D eigenvalue weighted by Gasteiger charge is -2.50. The lowest BCUT2D eigenvalue weighted by atomic mass is 9.70. The predicted octanol–water partition coefficient (Wildman–Crippen LogP) is 2.87. The Morgan fingerprint density at radius 1 is 1.38 bits per heavy atom. The Labute approximate surface area is 102 Å². The molecule has 1 aliphatic rings. The molecule has 4 unspecified atom stereocenters. The van der Waals surface area contributed by atoms with Crippen molar-refractivity contribution in [3.8, 4) is 0 Å². The first-order valence-corrected chi connectivity index (χ1v) is 6.90. The van der Waals surface area contributed by atoms with Gasteiger partial charge in [0.25, 0.3) is 0 Å². The number of hydrogen-bond donors (Lipinski definition) is 1. The Morgan fingerprint density at radius 3 is 2.44 bits per heavy atom. The molecule has 1 aliphatic carbocycles. The minimum atomic E-state index is 0.265. The molecule has 96 valence electrons. The van der Waals surface area contributed by atoms with E-state index in [1.807, 2.05) is 0 Å². The highest BCUT2D eigenvalue weighted by atomic mass is 15.2. The van der Waals surface area contributed by atoms with Gasteiger partial charge in [0, 0.05) is 18.1 Å². The van der Waals surface area contributed by atoms with Crippen molar-refractivity contribution in [1.29, 1.82) is 0 Å². The van der Waals surface area contributed by atoms with E-state index in [0.29, 0.717) is 6.04 Å². The van der Waals surface area contributed by atoms with Crippen LogP contribution in [0, 0.1) is 11.8 Å². The monoisotopic (exact) mass is 226 g/mol. The summed E-state index contributed by atoms with van der Waals surface area (Å²) in [5, 5.41) is 0. The van der Waals surface area contributed by atoms with Crippen molar-refractivity contribution in [3.05, 3.63) is 0 Å². The second-order valence-electron chi connectivity index (χ2n) is 5.99. The van der Waals surface area contributed by atoms with Gasteiger partial charge in [-0.05, 0) is 51.5 Å². The van der Waals surface area contributed by atoms with Crippen molar-refractivity contribution in [2.75, 3.05) is 13.6 Å². The van der Waals surface area contributed by atoms with Crippen molar-refractivity contribution in [1.82, 2.24) is 4.90 Å². The maximum Gasteiger partial charge on any atom is 0.0334 e. The number of likely N-dealkylation sites (N-methyl/N-ethyl adjacent to an activating group) is 1. The van der Waals surface area contributed by atoms with Crippen LogP contribution in [0.3, 0.4) is 0 Å². The first-order valence-electron chi connectivity index (χ1n) is 6.90. The van der Waals surface area contributed by atoms with Gasteiger partial charge in [0.1, 0.15) is 0 Å². The summed E-state index contributed by atoms with van der Waals surface area (Å²) in [5.41, 5.74) is 6.36. The Morgan fingerprint density at radius 2 is 2.00 bits per heavy atom. The molecular weight excluding hydrogens is 196 g/mol. The average Bonchev–Trinajstić information content (AvgIpc) is 2.31. The first kappa shape index (κ1) is 14.0. The van der Waals surface area contributed by atoms with Gasteiger partial charge in [0.2, 0.25) is 0 Å². The fraction of sp³-hybridized carbons (Fsp3) is 1.00. The summed E-state index contributed by atoms with van der Waals surface area (Å²) in [4.78, 5) is 2.55. The molecule has 2 heteroatoms. The molecule has 2 nitrogen and oxygen atoms in total. The molecule has 0 aromatic heterocycles. The van der Waals surface area contributed by atoms with E-state index < -0.39 is 0 Å². The van der Waals surface area contributed by atoms with Gasteiger partial charge in [-0.1, -0.05) is 20.8 Å². The number of nitrogens with two attached hydrogens (primary N) is 1. The van der Waals surface area contributed by atoms with E-state index in [1.54, 1.807) is 0 Å². The Hall–Kier alpha value is -0.0800. The third-order valence-electron chi connectivity index (χ3n) is 5.12. The van der Waals surface area contributed by atoms with Crippen LogP contribution in [0.1, 0.15) is 53.4 Å². The van der Waals surface area contributed by atoms with E-state index in [1.165, 1.54) is 25.7 Å². The van der Waals surface area contributed by atoms with Gasteiger partial charge in [-0.3, -0.25) is 4.90 Å². The molecule has 0 bridgehead atoms. The zero-order valence-electron chi connectivity index (χ0n) is 11.8. The van der Waals surface area contributed by atoms with Crippen LogP contribution in [0.5, 0.6) is 0 Å². The van der Waals surface area contributed by atoms with E-state index in [0.717, 1.165) is 18.4 Å². The van der Waals surface area contributed by atoms with Crippen LogP contribution < -0.4 is 5.73 Å². The zero-order valence-corrected chi connectivity index (χ0v) is 11.8. The predicted molar refractivity (Wildman–Crippen MR) is 71.5 cm³/mol. The average molecular weight is 226 g/mol. The number of nitrogens with zero attached hydrogens (tertiary/aromatic N) is 1. The molecule has 16 heavy (non-hydrogen) atoms. The van der Waals surface area contributed by atoms with Crippen molar-refractivity contribution in [2.45, 2.75) is 65.0 Å². The highest BCUT2D eigenvalue weighted by Crippen LogP contribution is 2.39. The molecule has 1 rings (SSSR count). The van der Waals surface area contributed by atoms with Crippen molar-refractivity contribution < 1.29 is 0 Å². The maximum atomic E-state index is 6.10. The Bertz CT molecular complexity index is 217. The van der Waals surface area contributed by atoms with Crippen LogP contribution in [-0.4, -0.2) is 30.1 Å². The van der Waals surface area contributed by atoms with E-state index in [-0.39, 0.29) is 5.54 Å². The molecule has 0 heterocycles. The van der Waals surface area contributed by atoms with E-state index in [4.69, 9.17) is 5.73 Å². The summed E-state index contributed by atoms with van der Waals surface area (Å²) in [5.74, 6) is 1.67. The molecule has 4 atom stereocenters. The fourth-order valence-corrected chi connectivity index (χ4v) is 3.07. The van der Waals surface area contributed by atoms with Crippen LogP contribution in [0.4, 0.5) is 0 Å². The zero-order chi connectivity index (χ0) is 12.3. The summed E-state index contributed by atoms with van der Waals surface area (Å²) >= 11 is 0. The summed E-state index contributed by atoms with van der Waals surface area (Å²) in [6, 6.07) is 0.643. The molecule has 0 aromatic rings. The Balaban J connectivity index is 2.77. The highest BCUT2D eigenvalue weighted by Gasteiger charge is 2.40. The lowest BCUT2D eigenvalue weighted by Crippen LogP contribution is -2.58. The van der Waals surface area contributed by atoms with E-state index in [2.05, 4.69) is 39.6 Å². The SMILES string of the molecule is CCC(C)N(C)C1(CN)CCC(C)C(C)C1. The van der Waals surface area contributed by atoms with E-state index in [9.17, 15) is 0 Å². The molecule has 2 N–H and O–H groups in total. The van der Waals surface area contributed by atoms with Gasteiger partial charge < -0.3 is 5.73 Å². The summed E-state index contributed by atoms with van der Waals surface area (Å²) in [7, 11) is 2.27. The molecule has 0 aromatic carbocycles. The molecule has 0 spiro atoms. The summed E-state index contributed by atoms with van der Waals surface area (Å²) < 4.78 is 0. The van der Waals surface area contributed by atoms with Crippen molar-refractivity contribution in [2.24, 2.45) is 17.6 Å². The maximum absolute atomic E-state index is 6.10. The quantitative estimate of drug-likeness (QED) is 0.798. The standard InChI is InChI=1S/C14H30N2/c1-6-13(4)16(5)14(10-15)8-7-11(2)12(3)9-14/h11-13H,6-10,15H2,1-5H3. The molecule has 1 fully saturated rings. The van der Waals surface area contributed by atoms with Gasteiger partial charge >= 0.3 is 0 Å². The first-order chi connectivity index (χ1) is 7.46. The third kappa shape index (κ3) is 2.60. The molecule has 0 amide bonds. The van der Waals surface area contributed by atoms with Gasteiger partial charge in [-0.2, -0.15) is 0 Å². The summed E-state index contributed by atoms with van der Waals surface area (Å²) in [6.45, 7) is 10.2. The molecule has 0 radical (unpaired) electrons. The van der Waals surface area contributed by atoms with Crippen molar-refractivity contribution in [3.63, 3.8) is 0 Å². The smallest absolute Gasteiger partial charge is 0.0334 e. The lowest BCUT2D eigenvalue weighted by molar-refractivity contribution is 0.0146. The molecule has 1 saturated carbocycles. The van der Waals surface area contributed by atoms with Gasteiger partial charge in [0.15, 0.2) is 0 Å². The molecule has 0 saturated heterocycles. The van der Waals surface area contributed by atoms with Crippen molar-refractivity contribution >= 4 is 0 Å². The van der Waals surface area contributed by atoms with Crippen LogP contribution in [0.15, 0.2) is 0 Å². The Kier molecular flexibility index (Phi) is 4.81. The van der Waals surface area contributed by atoms with Crippen LogP contribution in [0.2, 0.25) is 0 Å². The largest absolute Gasteiger partial charge is 0.329 e. The van der Waals surface area contributed by atoms with Gasteiger partial charge in [-0.25, -0.2) is 0 Å². The molecule has 0 aliphatic heterocycles. The van der Waals surface area contributed by atoms with Crippen LogP contribution >= 0.6 is 0 Å². The van der Waals surface area contributed by atoms with Gasteiger partial charge in [0.05, 0.1) is 0 Å². The fourth-order valence-electron chi connectivity index (χ4n) is 3.07. The topological polar surface area (TPSA) is 29.3 Å². The van der Waals surface area contributed by atoms with E-state index >= 15 is 0 Å². The minimum absolute atomic E-state index is 0.265. The second kappa shape index (κ2) is 5.50. The van der Waals surface area contributed by atoms with Crippen LogP contribution in [-0.2, 0) is 0 Å². The summed E-state index contributed by atoms with van der Waals surface area (Å²) in [6.07, 6.45) is 5.09. The van der Waals surface area contributed by atoms with Gasteiger partial charge in [-0.15, -0.1) is 0 Å². The number of hydrogen-bond acceptors (Lipinski definition) is 2. The number of rotatable bonds is 4.